The van der Waals surface area contributed by atoms with Gasteiger partial charge in [-0.15, -0.1) is 0 Å². The molecule has 0 amide bonds. The first kappa shape index (κ1) is 13.1. The molecule has 0 bridgehead atoms. The molecule has 0 radical (unpaired) electrons. The number of nitrogens with zero attached hydrogens (tertiary/aromatic N) is 1. The van der Waals surface area contributed by atoms with E-state index in [2.05, 4.69) is 44.4 Å². The second-order valence-electron chi connectivity index (χ2n) is 3.93. The van der Waals surface area contributed by atoms with Crippen molar-refractivity contribution in [1.29, 1.82) is 0 Å². The summed E-state index contributed by atoms with van der Waals surface area (Å²) in [6.45, 7) is 1.63. The molecule has 2 rings (SSSR count). The van der Waals surface area contributed by atoms with Crippen molar-refractivity contribution >= 4 is 15.9 Å². The van der Waals surface area contributed by atoms with Gasteiger partial charge in [-0.2, -0.15) is 0 Å². The van der Waals surface area contributed by atoms with Gasteiger partial charge in [-0.25, -0.2) is 0 Å². The summed E-state index contributed by atoms with van der Waals surface area (Å²) in [6, 6.07) is 10.1. The molecule has 0 aliphatic rings. The number of hydrogen-bond donors (Lipinski definition) is 1. The minimum Gasteiger partial charge on any atom is -0.496 e. The second kappa shape index (κ2) is 6.52. The predicted molar refractivity (Wildman–Crippen MR) is 75.5 cm³/mol. The Morgan fingerprint density at radius 2 is 2.06 bits per heavy atom. The highest BCUT2D eigenvalue weighted by atomic mass is 79.9. The molecule has 1 aromatic carbocycles. The first-order valence-corrected chi connectivity index (χ1v) is 6.51. The molecule has 0 saturated heterocycles. The average molecular weight is 307 g/mol. The third kappa shape index (κ3) is 3.55. The number of benzene rings is 1. The monoisotopic (exact) mass is 306 g/mol. The van der Waals surface area contributed by atoms with Gasteiger partial charge in [0, 0.05) is 25.5 Å². The molecular weight excluding hydrogens is 292 g/mol. The summed E-state index contributed by atoms with van der Waals surface area (Å²) < 4.78 is 6.18. The average Bonchev–Trinajstić information content (AvgIpc) is 2.40. The zero-order valence-electron chi connectivity index (χ0n) is 10.2. The molecular formula is C14H15BrN2O. The van der Waals surface area contributed by atoms with E-state index in [1.54, 1.807) is 13.3 Å². The molecule has 0 saturated carbocycles. The van der Waals surface area contributed by atoms with Gasteiger partial charge in [0.15, 0.2) is 0 Å². The van der Waals surface area contributed by atoms with Gasteiger partial charge in [0.05, 0.1) is 11.6 Å². The summed E-state index contributed by atoms with van der Waals surface area (Å²) in [5.74, 6) is 0.853. The highest BCUT2D eigenvalue weighted by Gasteiger charge is 2.01. The molecule has 94 valence electrons. The molecule has 0 aliphatic carbocycles. The molecule has 0 fully saturated rings. The minimum absolute atomic E-state index is 0.817. The van der Waals surface area contributed by atoms with Crippen LogP contribution in [-0.2, 0) is 13.1 Å². The maximum Gasteiger partial charge on any atom is 0.133 e. The van der Waals surface area contributed by atoms with E-state index in [1.165, 1.54) is 11.1 Å². The highest BCUT2D eigenvalue weighted by Crippen LogP contribution is 2.25. The van der Waals surface area contributed by atoms with Crippen molar-refractivity contribution in [3.63, 3.8) is 0 Å². The van der Waals surface area contributed by atoms with Crippen molar-refractivity contribution in [1.82, 2.24) is 10.3 Å². The van der Waals surface area contributed by atoms with Gasteiger partial charge < -0.3 is 10.1 Å². The number of rotatable bonds is 5. The number of pyridine rings is 1. The van der Waals surface area contributed by atoms with Gasteiger partial charge in [-0.05, 0) is 45.3 Å². The Labute approximate surface area is 115 Å². The van der Waals surface area contributed by atoms with Crippen LogP contribution in [0.25, 0.3) is 0 Å². The smallest absolute Gasteiger partial charge is 0.133 e. The Hall–Kier alpha value is -1.39. The maximum absolute atomic E-state index is 5.20. The van der Waals surface area contributed by atoms with E-state index in [1.807, 2.05) is 18.3 Å². The van der Waals surface area contributed by atoms with E-state index in [0.29, 0.717) is 0 Å². The molecule has 1 N–H and O–H groups in total. The molecule has 3 nitrogen and oxygen atoms in total. The van der Waals surface area contributed by atoms with E-state index < -0.39 is 0 Å². The summed E-state index contributed by atoms with van der Waals surface area (Å²) >= 11 is 3.48. The lowest BCUT2D eigenvalue weighted by Gasteiger charge is -2.07. The molecule has 2 aromatic rings. The van der Waals surface area contributed by atoms with Crippen LogP contribution in [-0.4, -0.2) is 12.1 Å². The van der Waals surface area contributed by atoms with Crippen LogP contribution in [0.5, 0.6) is 5.75 Å². The Morgan fingerprint density at radius 3 is 2.72 bits per heavy atom. The molecule has 0 unspecified atom stereocenters. The zero-order chi connectivity index (χ0) is 12.8. The number of aromatic nitrogens is 1. The fourth-order valence-electron chi connectivity index (χ4n) is 1.67. The molecule has 0 spiro atoms. The molecule has 1 heterocycles. The highest BCUT2D eigenvalue weighted by molar-refractivity contribution is 9.10. The van der Waals surface area contributed by atoms with Gasteiger partial charge in [-0.3, -0.25) is 4.98 Å². The van der Waals surface area contributed by atoms with Crippen molar-refractivity contribution in [3.8, 4) is 5.75 Å². The van der Waals surface area contributed by atoms with Crippen molar-refractivity contribution in [2.45, 2.75) is 13.1 Å². The molecule has 18 heavy (non-hydrogen) atoms. The summed E-state index contributed by atoms with van der Waals surface area (Å²) in [7, 11) is 1.67. The van der Waals surface area contributed by atoms with Crippen molar-refractivity contribution in [2.75, 3.05) is 7.11 Å². The number of nitrogens with one attached hydrogen (secondary N) is 1. The standard InChI is InChI=1S/C14H15BrN2O/c1-18-14-5-4-11(7-13(14)15)8-17-10-12-3-2-6-16-9-12/h2-7,9,17H,8,10H2,1H3. The molecule has 0 atom stereocenters. The van der Waals surface area contributed by atoms with E-state index in [-0.39, 0.29) is 0 Å². The molecule has 0 aliphatic heterocycles. The third-order valence-electron chi connectivity index (χ3n) is 2.60. The van der Waals surface area contributed by atoms with Crippen LogP contribution in [0.2, 0.25) is 0 Å². The quantitative estimate of drug-likeness (QED) is 0.921. The lowest BCUT2D eigenvalue weighted by atomic mass is 10.2. The zero-order valence-corrected chi connectivity index (χ0v) is 11.8. The number of hydrogen-bond acceptors (Lipinski definition) is 3. The van der Waals surface area contributed by atoms with Crippen molar-refractivity contribution in [3.05, 3.63) is 58.3 Å². The summed E-state index contributed by atoms with van der Waals surface area (Å²) in [5.41, 5.74) is 2.40. The van der Waals surface area contributed by atoms with Crippen LogP contribution in [0, 0.1) is 0 Å². The van der Waals surface area contributed by atoms with Crippen LogP contribution in [0.15, 0.2) is 47.2 Å². The number of halogens is 1. The largest absolute Gasteiger partial charge is 0.496 e. The summed E-state index contributed by atoms with van der Waals surface area (Å²) in [4.78, 5) is 4.08. The van der Waals surface area contributed by atoms with Gasteiger partial charge in [0.2, 0.25) is 0 Å². The normalized spacial score (nSPS) is 10.3. The first-order chi connectivity index (χ1) is 8.79. The lowest BCUT2D eigenvalue weighted by Crippen LogP contribution is -2.12. The fraction of sp³-hybridized carbons (Fsp3) is 0.214. The lowest BCUT2D eigenvalue weighted by molar-refractivity contribution is 0.412. The predicted octanol–water partition coefficient (Wildman–Crippen LogP) is 3.14. The first-order valence-electron chi connectivity index (χ1n) is 5.71. The number of ether oxygens (including phenoxy) is 1. The van der Waals surface area contributed by atoms with Gasteiger partial charge in [0.1, 0.15) is 5.75 Å². The summed E-state index contributed by atoms with van der Waals surface area (Å²) in [6.07, 6.45) is 3.65. The topological polar surface area (TPSA) is 34.1 Å². The third-order valence-corrected chi connectivity index (χ3v) is 3.22. The van der Waals surface area contributed by atoms with E-state index >= 15 is 0 Å². The SMILES string of the molecule is COc1ccc(CNCc2cccnc2)cc1Br. The van der Waals surface area contributed by atoms with Crippen molar-refractivity contribution in [2.24, 2.45) is 0 Å². The van der Waals surface area contributed by atoms with E-state index in [0.717, 1.165) is 23.3 Å². The van der Waals surface area contributed by atoms with Gasteiger partial charge in [0.25, 0.3) is 0 Å². The van der Waals surface area contributed by atoms with E-state index in [4.69, 9.17) is 4.74 Å². The van der Waals surface area contributed by atoms with E-state index in [9.17, 15) is 0 Å². The Balaban J connectivity index is 1.89. The number of methoxy groups -OCH3 is 1. The van der Waals surface area contributed by atoms with Gasteiger partial charge >= 0.3 is 0 Å². The van der Waals surface area contributed by atoms with Crippen molar-refractivity contribution < 1.29 is 4.74 Å². The maximum atomic E-state index is 5.20. The van der Waals surface area contributed by atoms with Crippen LogP contribution in [0.3, 0.4) is 0 Å². The van der Waals surface area contributed by atoms with Gasteiger partial charge in [-0.1, -0.05) is 12.1 Å². The fourth-order valence-corrected chi connectivity index (χ4v) is 2.26. The molecule has 1 aromatic heterocycles. The van der Waals surface area contributed by atoms with Crippen LogP contribution < -0.4 is 10.1 Å². The Kier molecular flexibility index (Phi) is 4.73. The Bertz CT molecular complexity index is 502. The summed E-state index contributed by atoms with van der Waals surface area (Å²) in [5, 5.41) is 3.38. The van der Waals surface area contributed by atoms with Crippen LogP contribution in [0.4, 0.5) is 0 Å². The Morgan fingerprint density at radius 1 is 1.22 bits per heavy atom. The minimum atomic E-state index is 0.817. The second-order valence-corrected chi connectivity index (χ2v) is 4.79. The molecule has 4 heteroatoms. The van der Waals surface area contributed by atoms with Crippen LogP contribution >= 0.6 is 15.9 Å². The van der Waals surface area contributed by atoms with Crippen LogP contribution in [0.1, 0.15) is 11.1 Å².